The highest BCUT2D eigenvalue weighted by Gasteiger charge is 2.25. The molecule has 0 aliphatic carbocycles. The van der Waals surface area contributed by atoms with E-state index in [0.717, 1.165) is 29.8 Å². The number of aromatic nitrogens is 1. The van der Waals surface area contributed by atoms with Crippen molar-refractivity contribution in [3.8, 4) is 0 Å². The van der Waals surface area contributed by atoms with Gasteiger partial charge in [0.15, 0.2) is 0 Å². The molecule has 1 fully saturated rings. The van der Waals surface area contributed by atoms with Crippen LogP contribution in [0.1, 0.15) is 41.5 Å². The lowest BCUT2D eigenvalue weighted by Crippen LogP contribution is -2.39. The molecule has 0 bridgehead atoms. The van der Waals surface area contributed by atoms with Gasteiger partial charge < -0.3 is 14.7 Å². The molecule has 1 aliphatic rings. The summed E-state index contributed by atoms with van der Waals surface area (Å²) in [5, 5.41) is 6.96. The van der Waals surface area contributed by atoms with Crippen LogP contribution in [-0.2, 0) is 16.0 Å². The van der Waals surface area contributed by atoms with Gasteiger partial charge in [-0.2, -0.15) is 0 Å². The molecule has 1 aromatic carbocycles. The van der Waals surface area contributed by atoms with E-state index < -0.39 is 0 Å². The van der Waals surface area contributed by atoms with Crippen LogP contribution in [0.4, 0.5) is 0 Å². The molecular weight excluding hydrogens is 318 g/mol. The number of carbonyl (C=O) groups is 2. The zero-order valence-electron chi connectivity index (χ0n) is 14.6. The van der Waals surface area contributed by atoms with Gasteiger partial charge in [-0.1, -0.05) is 35.5 Å². The van der Waals surface area contributed by atoms with Crippen molar-refractivity contribution in [3.63, 3.8) is 0 Å². The molecule has 2 heterocycles. The van der Waals surface area contributed by atoms with Crippen molar-refractivity contribution >= 4 is 11.8 Å². The smallest absolute Gasteiger partial charge is 0.225 e. The number of amides is 2. The largest absolute Gasteiger partial charge is 0.361 e. The van der Waals surface area contributed by atoms with Crippen molar-refractivity contribution in [2.24, 2.45) is 0 Å². The molecule has 2 aromatic rings. The van der Waals surface area contributed by atoms with Crippen molar-refractivity contribution in [2.75, 3.05) is 13.1 Å². The molecule has 6 nitrogen and oxygen atoms in total. The topological polar surface area (TPSA) is 75.4 Å². The first-order valence-electron chi connectivity index (χ1n) is 8.58. The molecule has 0 unspecified atom stereocenters. The zero-order chi connectivity index (χ0) is 17.8. The lowest BCUT2D eigenvalue weighted by atomic mass is 10.0. The van der Waals surface area contributed by atoms with Crippen molar-refractivity contribution in [1.29, 1.82) is 0 Å². The second kappa shape index (κ2) is 7.51. The molecule has 2 amide bonds. The molecule has 0 radical (unpaired) electrons. The predicted molar refractivity (Wildman–Crippen MR) is 92.8 cm³/mol. The average molecular weight is 341 g/mol. The maximum Gasteiger partial charge on any atom is 0.225 e. The molecule has 1 saturated heterocycles. The fraction of sp³-hybridized carbons (Fsp3) is 0.421. The Bertz CT molecular complexity index is 735. The third-order valence-corrected chi connectivity index (χ3v) is 4.63. The van der Waals surface area contributed by atoms with E-state index in [-0.39, 0.29) is 24.3 Å². The van der Waals surface area contributed by atoms with Crippen molar-refractivity contribution in [2.45, 2.75) is 39.2 Å². The van der Waals surface area contributed by atoms with E-state index in [9.17, 15) is 9.59 Å². The van der Waals surface area contributed by atoms with E-state index in [0.29, 0.717) is 18.7 Å². The van der Waals surface area contributed by atoms with Gasteiger partial charge in [-0.3, -0.25) is 9.59 Å². The summed E-state index contributed by atoms with van der Waals surface area (Å²) in [5.74, 6) is 0.717. The van der Waals surface area contributed by atoms with Crippen LogP contribution in [0.2, 0.25) is 0 Å². The fourth-order valence-electron chi connectivity index (χ4n) is 3.20. The van der Waals surface area contributed by atoms with Gasteiger partial charge in [0.1, 0.15) is 5.76 Å². The SMILES string of the molecule is Cc1noc(C)c1CC(=O)N[C@@H](CN1CCCC1=O)c1ccccc1. The molecule has 1 aliphatic heterocycles. The number of nitrogens with one attached hydrogen (secondary N) is 1. The van der Waals surface area contributed by atoms with Gasteiger partial charge in [-0.05, 0) is 25.8 Å². The number of rotatable bonds is 6. The number of benzene rings is 1. The first kappa shape index (κ1) is 17.2. The van der Waals surface area contributed by atoms with E-state index in [4.69, 9.17) is 4.52 Å². The summed E-state index contributed by atoms with van der Waals surface area (Å²) in [4.78, 5) is 26.4. The number of aryl methyl sites for hydroxylation is 2. The minimum Gasteiger partial charge on any atom is -0.361 e. The Kier molecular flexibility index (Phi) is 5.16. The van der Waals surface area contributed by atoms with Gasteiger partial charge in [0.05, 0.1) is 18.2 Å². The van der Waals surface area contributed by atoms with Gasteiger partial charge >= 0.3 is 0 Å². The Morgan fingerprint density at radius 2 is 2.08 bits per heavy atom. The van der Waals surface area contributed by atoms with E-state index >= 15 is 0 Å². The van der Waals surface area contributed by atoms with Crippen molar-refractivity contribution in [3.05, 3.63) is 52.9 Å². The molecule has 1 aromatic heterocycles. The zero-order valence-corrected chi connectivity index (χ0v) is 14.6. The fourth-order valence-corrected chi connectivity index (χ4v) is 3.20. The summed E-state index contributed by atoms with van der Waals surface area (Å²) < 4.78 is 5.12. The number of hydrogen-bond acceptors (Lipinski definition) is 4. The van der Waals surface area contributed by atoms with Gasteiger partial charge in [-0.25, -0.2) is 0 Å². The molecule has 1 N–H and O–H groups in total. The highest BCUT2D eigenvalue weighted by Crippen LogP contribution is 2.19. The van der Waals surface area contributed by atoms with Crippen LogP contribution in [0.15, 0.2) is 34.9 Å². The highest BCUT2D eigenvalue weighted by atomic mass is 16.5. The first-order chi connectivity index (χ1) is 12.0. The summed E-state index contributed by atoms with van der Waals surface area (Å²) in [7, 11) is 0. The van der Waals surface area contributed by atoms with Gasteiger partial charge in [0.25, 0.3) is 0 Å². The monoisotopic (exact) mass is 341 g/mol. The Labute approximate surface area is 147 Å². The van der Waals surface area contributed by atoms with Gasteiger partial charge in [0, 0.05) is 25.1 Å². The van der Waals surface area contributed by atoms with Crippen LogP contribution in [0.3, 0.4) is 0 Å². The third-order valence-electron chi connectivity index (χ3n) is 4.63. The number of likely N-dealkylation sites (tertiary alicyclic amines) is 1. The minimum absolute atomic E-state index is 0.102. The predicted octanol–water partition coefficient (Wildman–Crippen LogP) is 2.31. The molecule has 6 heteroatoms. The Balaban J connectivity index is 1.73. The summed E-state index contributed by atoms with van der Waals surface area (Å²) in [6.45, 7) is 4.88. The molecule has 0 spiro atoms. The number of nitrogens with zero attached hydrogens (tertiary/aromatic N) is 2. The van der Waals surface area contributed by atoms with Crippen LogP contribution < -0.4 is 5.32 Å². The molecule has 1 atom stereocenters. The van der Waals surface area contributed by atoms with Crippen molar-refractivity contribution in [1.82, 2.24) is 15.4 Å². The Hall–Kier alpha value is -2.63. The van der Waals surface area contributed by atoms with Crippen molar-refractivity contribution < 1.29 is 14.1 Å². The highest BCUT2D eigenvalue weighted by molar-refractivity contribution is 5.80. The maximum atomic E-state index is 12.6. The van der Waals surface area contributed by atoms with Gasteiger partial charge in [0.2, 0.25) is 11.8 Å². The normalized spacial score (nSPS) is 15.4. The average Bonchev–Trinajstić information content (AvgIpc) is 3.15. The standard InChI is InChI=1S/C19H23N3O3/c1-13-16(14(2)25-21-13)11-18(23)20-17(15-7-4-3-5-8-15)12-22-10-6-9-19(22)24/h3-5,7-8,17H,6,9-12H2,1-2H3,(H,20,23)/t17-/m0/s1. The van der Waals surface area contributed by atoms with E-state index in [1.54, 1.807) is 6.92 Å². The second-order valence-corrected chi connectivity index (χ2v) is 6.45. The molecule has 25 heavy (non-hydrogen) atoms. The molecule has 132 valence electrons. The quantitative estimate of drug-likeness (QED) is 0.875. The van der Waals surface area contributed by atoms with Crippen LogP contribution >= 0.6 is 0 Å². The lowest BCUT2D eigenvalue weighted by molar-refractivity contribution is -0.129. The van der Waals surface area contributed by atoms with Gasteiger partial charge in [-0.15, -0.1) is 0 Å². The van der Waals surface area contributed by atoms with E-state index in [1.807, 2.05) is 42.2 Å². The number of carbonyl (C=O) groups excluding carboxylic acids is 2. The lowest BCUT2D eigenvalue weighted by Gasteiger charge is -2.25. The Morgan fingerprint density at radius 1 is 1.32 bits per heavy atom. The van der Waals surface area contributed by atoms with Crippen LogP contribution in [0.25, 0.3) is 0 Å². The second-order valence-electron chi connectivity index (χ2n) is 6.45. The molecule has 0 saturated carbocycles. The number of hydrogen-bond donors (Lipinski definition) is 1. The maximum absolute atomic E-state index is 12.6. The Morgan fingerprint density at radius 3 is 2.68 bits per heavy atom. The molecule has 3 rings (SSSR count). The van der Waals surface area contributed by atoms with Crippen LogP contribution in [-0.4, -0.2) is 35.0 Å². The van der Waals surface area contributed by atoms with Crippen LogP contribution in [0.5, 0.6) is 0 Å². The third kappa shape index (κ3) is 4.07. The summed E-state index contributed by atoms with van der Waals surface area (Å²) in [5.41, 5.74) is 2.55. The molecular formula is C19H23N3O3. The first-order valence-corrected chi connectivity index (χ1v) is 8.58. The minimum atomic E-state index is -0.226. The summed E-state index contributed by atoms with van der Waals surface area (Å²) >= 11 is 0. The van der Waals surface area contributed by atoms with E-state index in [1.165, 1.54) is 0 Å². The van der Waals surface area contributed by atoms with Crippen LogP contribution in [0, 0.1) is 13.8 Å². The summed E-state index contributed by atoms with van der Waals surface area (Å²) in [6, 6.07) is 9.54. The van der Waals surface area contributed by atoms with E-state index in [2.05, 4.69) is 10.5 Å². The summed E-state index contributed by atoms with van der Waals surface area (Å²) in [6.07, 6.45) is 1.69.